The standard InChI is InChI=1S/C10H15N7OS/c1-10(2,3)7-12-9(19-15-7)13-8(18)11-6-5-17(4)16-14-6/h5H,1-4H3,(H2,11,12,13,15,18). The summed E-state index contributed by atoms with van der Waals surface area (Å²) in [5, 5.41) is 13.1. The molecule has 8 nitrogen and oxygen atoms in total. The first kappa shape index (κ1) is 13.4. The predicted octanol–water partition coefficient (Wildman–Crippen LogP) is 1.61. The highest BCUT2D eigenvalue weighted by molar-refractivity contribution is 7.09. The van der Waals surface area contributed by atoms with Gasteiger partial charge in [0.25, 0.3) is 0 Å². The van der Waals surface area contributed by atoms with Gasteiger partial charge in [-0.25, -0.2) is 9.78 Å². The lowest BCUT2D eigenvalue weighted by Crippen LogP contribution is -2.20. The number of aryl methyl sites for hydroxylation is 1. The first-order chi connectivity index (χ1) is 8.84. The fourth-order valence-electron chi connectivity index (χ4n) is 1.23. The number of rotatable bonds is 2. The maximum Gasteiger partial charge on any atom is 0.326 e. The van der Waals surface area contributed by atoms with Gasteiger partial charge in [0.2, 0.25) is 5.13 Å². The zero-order valence-corrected chi connectivity index (χ0v) is 11.9. The van der Waals surface area contributed by atoms with E-state index in [2.05, 4.69) is 30.3 Å². The lowest BCUT2D eigenvalue weighted by atomic mass is 9.96. The molecular weight excluding hydrogens is 266 g/mol. The fourth-order valence-corrected chi connectivity index (χ4v) is 1.98. The zero-order valence-electron chi connectivity index (χ0n) is 11.1. The Hall–Kier alpha value is -2.03. The molecule has 2 aromatic heterocycles. The van der Waals surface area contributed by atoms with Crippen LogP contribution in [0.1, 0.15) is 26.6 Å². The summed E-state index contributed by atoms with van der Waals surface area (Å²) in [5.41, 5.74) is -0.141. The minimum atomic E-state index is -0.419. The molecule has 2 N–H and O–H groups in total. The Labute approximate surface area is 114 Å². The maximum atomic E-state index is 11.7. The van der Waals surface area contributed by atoms with E-state index in [0.29, 0.717) is 16.8 Å². The van der Waals surface area contributed by atoms with Crippen molar-refractivity contribution in [2.24, 2.45) is 7.05 Å². The number of amides is 2. The van der Waals surface area contributed by atoms with Crippen molar-refractivity contribution in [2.75, 3.05) is 10.6 Å². The summed E-state index contributed by atoms with van der Waals surface area (Å²) in [4.78, 5) is 16.0. The van der Waals surface area contributed by atoms with Gasteiger partial charge < -0.3 is 0 Å². The molecule has 102 valence electrons. The molecule has 0 radical (unpaired) electrons. The van der Waals surface area contributed by atoms with Gasteiger partial charge in [-0.15, -0.1) is 5.10 Å². The van der Waals surface area contributed by atoms with Crippen LogP contribution in [0.3, 0.4) is 0 Å². The molecule has 2 aromatic rings. The molecule has 2 amide bonds. The van der Waals surface area contributed by atoms with Crippen LogP contribution in [0, 0.1) is 0 Å². The molecule has 2 rings (SSSR count). The van der Waals surface area contributed by atoms with Gasteiger partial charge >= 0.3 is 6.03 Å². The van der Waals surface area contributed by atoms with E-state index in [1.54, 1.807) is 13.2 Å². The van der Waals surface area contributed by atoms with Gasteiger partial charge in [0.15, 0.2) is 5.82 Å². The van der Waals surface area contributed by atoms with Crippen molar-refractivity contribution < 1.29 is 4.79 Å². The van der Waals surface area contributed by atoms with Crippen molar-refractivity contribution in [2.45, 2.75) is 26.2 Å². The van der Waals surface area contributed by atoms with Crippen LogP contribution in [0.4, 0.5) is 15.7 Å². The molecular formula is C10H15N7OS. The van der Waals surface area contributed by atoms with E-state index in [9.17, 15) is 4.79 Å². The highest BCUT2D eigenvalue weighted by Gasteiger charge is 2.20. The lowest BCUT2D eigenvalue weighted by molar-refractivity contribution is 0.262. The Morgan fingerprint density at radius 1 is 1.37 bits per heavy atom. The van der Waals surface area contributed by atoms with E-state index >= 15 is 0 Å². The number of nitrogens with zero attached hydrogens (tertiary/aromatic N) is 5. The number of carbonyl (C=O) groups is 1. The maximum absolute atomic E-state index is 11.7. The summed E-state index contributed by atoms with van der Waals surface area (Å²) in [7, 11) is 1.72. The Kier molecular flexibility index (Phi) is 3.47. The monoisotopic (exact) mass is 281 g/mol. The predicted molar refractivity (Wildman–Crippen MR) is 72.3 cm³/mol. The van der Waals surface area contributed by atoms with Crippen LogP contribution >= 0.6 is 11.5 Å². The first-order valence-corrected chi connectivity index (χ1v) is 6.40. The Morgan fingerprint density at radius 2 is 2.11 bits per heavy atom. The molecule has 0 bridgehead atoms. The van der Waals surface area contributed by atoms with Crippen molar-refractivity contribution in [1.29, 1.82) is 0 Å². The molecule has 9 heteroatoms. The minimum absolute atomic E-state index is 0.141. The second kappa shape index (κ2) is 4.92. The van der Waals surface area contributed by atoms with Crippen LogP contribution in [-0.2, 0) is 12.5 Å². The molecule has 0 aliphatic heterocycles. The molecule has 0 atom stereocenters. The lowest BCUT2D eigenvalue weighted by Gasteiger charge is -2.12. The van der Waals surface area contributed by atoms with Gasteiger partial charge in [0.05, 0.1) is 6.20 Å². The van der Waals surface area contributed by atoms with Gasteiger partial charge in [-0.1, -0.05) is 26.0 Å². The molecule has 0 aliphatic carbocycles. The molecule has 0 saturated carbocycles. The smallest absolute Gasteiger partial charge is 0.289 e. The third kappa shape index (κ3) is 3.47. The average molecular weight is 281 g/mol. The summed E-state index contributed by atoms with van der Waals surface area (Å²) < 4.78 is 5.71. The van der Waals surface area contributed by atoms with E-state index in [1.807, 2.05) is 20.8 Å². The van der Waals surface area contributed by atoms with Crippen molar-refractivity contribution in [3.63, 3.8) is 0 Å². The summed E-state index contributed by atoms with van der Waals surface area (Å²) in [6, 6.07) is -0.419. The van der Waals surface area contributed by atoms with E-state index in [4.69, 9.17) is 0 Å². The van der Waals surface area contributed by atoms with Crippen LogP contribution in [-0.4, -0.2) is 30.4 Å². The number of anilines is 2. The zero-order chi connectivity index (χ0) is 14.0. The van der Waals surface area contributed by atoms with Crippen molar-refractivity contribution in [3.8, 4) is 0 Å². The average Bonchev–Trinajstić information content (AvgIpc) is 2.87. The molecule has 0 aromatic carbocycles. The van der Waals surface area contributed by atoms with E-state index < -0.39 is 6.03 Å². The van der Waals surface area contributed by atoms with E-state index in [-0.39, 0.29) is 5.41 Å². The second-order valence-electron chi connectivity index (χ2n) is 5.03. The van der Waals surface area contributed by atoms with Crippen molar-refractivity contribution in [3.05, 3.63) is 12.0 Å². The van der Waals surface area contributed by atoms with Gasteiger partial charge in [0.1, 0.15) is 5.82 Å². The number of carbonyl (C=O) groups excluding carboxylic acids is 1. The number of urea groups is 1. The van der Waals surface area contributed by atoms with Gasteiger partial charge in [-0.3, -0.25) is 15.3 Å². The molecule has 0 unspecified atom stereocenters. The number of nitrogens with one attached hydrogen (secondary N) is 2. The fraction of sp³-hybridized carbons (Fsp3) is 0.500. The molecule has 0 fully saturated rings. The first-order valence-electron chi connectivity index (χ1n) is 5.63. The van der Waals surface area contributed by atoms with E-state index in [0.717, 1.165) is 11.5 Å². The van der Waals surface area contributed by atoms with Crippen LogP contribution in [0.5, 0.6) is 0 Å². The Morgan fingerprint density at radius 3 is 2.63 bits per heavy atom. The highest BCUT2D eigenvalue weighted by atomic mass is 32.1. The topological polar surface area (TPSA) is 97.6 Å². The molecule has 19 heavy (non-hydrogen) atoms. The summed E-state index contributed by atoms with van der Waals surface area (Å²) in [5.74, 6) is 1.08. The third-order valence-corrected chi connectivity index (χ3v) is 2.79. The van der Waals surface area contributed by atoms with Crippen molar-refractivity contribution >= 4 is 28.5 Å². The van der Waals surface area contributed by atoms with Crippen LogP contribution in [0.15, 0.2) is 6.20 Å². The molecule has 2 heterocycles. The van der Waals surface area contributed by atoms with E-state index in [1.165, 1.54) is 4.68 Å². The number of hydrogen-bond acceptors (Lipinski definition) is 6. The Balaban J connectivity index is 1.97. The van der Waals surface area contributed by atoms with Crippen molar-refractivity contribution in [1.82, 2.24) is 24.4 Å². The SMILES string of the molecule is Cn1cc(NC(=O)Nc2nc(C(C)(C)C)ns2)nn1. The minimum Gasteiger partial charge on any atom is -0.289 e. The van der Waals surface area contributed by atoms with Crippen LogP contribution < -0.4 is 10.6 Å². The third-order valence-electron chi connectivity index (χ3n) is 2.16. The molecule has 0 aliphatic rings. The largest absolute Gasteiger partial charge is 0.326 e. The summed E-state index contributed by atoms with van der Waals surface area (Å²) >= 11 is 1.15. The van der Waals surface area contributed by atoms with Crippen LogP contribution in [0.25, 0.3) is 0 Å². The highest BCUT2D eigenvalue weighted by Crippen LogP contribution is 2.22. The molecule has 0 saturated heterocycles. The second-order valence-corrected chi connectivity index (χ2v) is 5.78. The quantitative estimate of drug-likeness (QED) is 0.871. The van der Waals surface area contributed by atoms with Gasteiger partial charge in [-0.2, -0.15) is 4.37 Å². The summed E-state index contributed by atoms with van der Waals surface area (Å²) in [6.45, 7) is 6.04. The normalized spacial score (nSPS) is 11.4. The number of hydrogen-bond donors (Lipinski definition) is 2. The van der Waals surface area contributed by atoms with Gasteiger partial charge in [0, 0.05) is 24.0 Å². The molecule has 0 spiro atoms. The number of aromatic nitrogens is 5. The van der Waals surface area contributed by atoms with Gasteiger partial charge in [-0.05, 0) is 0 Å². The summed E-state index contributed by atoms with van der Waals surface area (Å²) in [6.07, 6.45) is 1.60. The Bertz CT molecular complexity index is 583. The van der Waals surface area contributed by atoms with Crippen LogP contribution in [0.2, 0.25) is 0 Å².